The summed E-state index contributed by atoms with van der Waals surface area (Å²) in [5, 5.41) is 87.1. The molecule has 0 aromatic carbocycles. The Morgan fingerprint density at radius 3 is 1.39 bits per heavy atom. The maximum Gasteiger partial charge on any atom is 0.220 e. The molecule has 9 N–H and O–H groups in total. The number of aliphatic hydroxyl groups excluding tert-OH is 8. The van der Waals surface area contributed by atoms with Gasteiger partial charge in [-0.05, 0) is 96.3 Å². The van der Waals surface area contributed by atoms with Crippen LogP contribution in [0.25, 0.3) is 0 Å². The molecule has 14 heteroatoms. The van der Waals surface area contributed by atoms with Gasteiger partial charge in [0.15, 0.2) is 12.6 Å². The van der Waals surface area contributed by atoms with Crippen molar-refractivity contribution < 1.29 is 64.6 Å². The van der Waals surface area contributed by atoms with Crippen LogP contribution in [0.5, 0.6) is 0 Å². The summed E-state index contributed by atoms with van der Waals surface area (Å²) in [7, 11) is 0. The highest BCUT2D eigenvalue weighted by atomic mass is 16.7. The molecule has 0 aliphatic carbocycles. The van der Waals surface area contributed by atoms with Crippen molar-refractivity contribution >= 4 is 5.91 Å². The Hall–Kier alpha value is -3.61. The average Bonchev–Trinajstić information content (AvgIpc) is 3.47. The lowest BCUT2D eigenvalue weighted by Crippen LogP contribution is -2.65. The van der Waals surface area contributed by atoms with E-state index in [0.717, 1.165) is 70.6 Å². The van der Waals surface area contributed by atoms with E-state index >= 15 is 0 Å². The molecule has 2 aliphatic heterocycles. The SMILES string of the molecule is CC/C=C\C/C=C\C/C=C\C/C=C\C/C=C\C/C=C\C/C=C\CCCC(=O)NC(COC1OC(CO)C(OC2OC(CO)C(O)C(O)C2O)C(O)C1O)C(O)/C=C/CC/C=C/CC/C=C/CCCCCCCCCCCCCC. The minimum absolute atomic E-state index is 0.182. The van der Waals surface area contributed by atoms with E-state index < -0.39 is 86.8 Å². The van der Waals surface area contributed by atoms with Gasteiger partial charge in [-0.2, -0.15) is 0 Å². The van der Waals surface area contributed by atoms with Crippen molar-refractivity contribution in [2.75, 3.05) is 19.8 Å². The highest BCUT2D eigenvalue weighted by Crippen LogP contribution is 2.30. The van der Waals surface area contributed by atoms with E-state index in [0.29, 0.717) is 19.3 Å². The number of hydrogen-bond donors (Lipinski definition) is 9. The molecule has 14 nitrogen and oxygen atoms in total. The van der Waals surface area contributed by atoms with E-state index in [4.69, 9.17) is 18.9 Å². The summed E-state index contributed by atoms with van der Waals surface area (Å²) in [5.74, 6) is -0.316. The van der Waals surface area contributed by atoms with Crippen molar-refractivity contribution in [3.8, 4) is 0 Å². The van der Waals surface area contributed by atoms with Crippen LogP contribution in [-0.4, -0.2) is 140 Å². The number of amides is 1. The molecule has 0 saturated carbocycles. The average molecular weight is 1110 g/mol. The van der Waals surface area contributed by atoms with Gasteiger partial charge >= 0.3 is 0 Å². The summed E-state index contributed by atoms with van der Waals surface area (Å²) in [4.78, 5) is 13.2. The molecule has 2 rings (SSSR count). The number of nitrogens with one attached hydrogen (secondary N) is 1. The molecular weight excluding hydrogens is 1000 g/mol. The van der Waals surface area contributed by atoms with Gasteiger partial charge in [0.25, 0.3) is 0 Å². The minimum Gasteiger partial charge on any atom is -0.394 e. The van der Waals surface area contributed by atoms with Gasteiger partial charge in [-0.25, -0.2) is 0 Å². The maximum absolute atomic E-state index is 13.2. The fraction of sp³-hybridized carbons (Fsp3) is 0.677. The van der Waals surface area contributed by atoms with Gasteiger partial charge in [-0.3, -0.25) is 4.79 Å². The third-order valence-corrected chi connectivity index (χ3v) is 13.9. The lowest BCUT2D eigenvalue weighted by Gasteiger charge is -2.46. The first-order chi connectivity index (χ1) is 38.6. The number of hydrogen-bond acceptors (Lipinski definition) is 13. The topological polar surface area (TPSA) is 228 Å². The van der Waals surface area contributed by atoms with Crippen LogP contribution in [0.2, 0.25) is 0 Å². The van der Waals surface area contributed by atoms with Crippen LogP contribution in [0.4, 0.5) is 0 Å². The molecular formula is C65H107NO13. The normalized spacial score (nSPS) is 25.3. The lowest BCUT2D eigenvalue weighted by molar-refractivity contribution is -0.359. The Morgan fingerprint density at radius 2 is 0.886 bits per heavy atom. The predicted octanol–water partition coefficient (Wildman–Crippen LogP) is 10.6. The zero-order valence-corrected chi connectivity index (χ0v) is 48.3. The van der Waals surface area contributed by atoms with Gasteiger partial charge in [-0.15, -0.1) is 0 Å². The van der Waals surface area contributed by atoms with Crippen LogP contribution in [0, 0.1) is 0 Å². The number of allylic oxidation sites excluding steroid dienone is 19. The Bertz CT molecular complexity index is 1790. The molecule has 0 bridgehead atoms. The van der Waals surface area contributed by atoms with Gasteiger partial charge in [-0.1, -0.05) is 206 Å². The Morgan fingerprint density at radius 1 is 0.468 bits per heavy atom. The van der Waals surface area contributed by atoms with E-state index in [9.17, 15) is 45.6 Å². The highest BCUT2D eigenvalue weighted by Gasteiger charge is 2.51. The lowest BCUT2D eigenvalue weighted by atomic mass is 9.97. The zero-order chi connectivity index (χ0) is 57.4. The molecule has 12 unspecified atom stereocenters. The van der Waals surface area contributed by atoms with Crippen LogP contribution in [0.1, 0.15) is 187 Å². The number of ether oxygens (including phenoxy) is 4. The van der Waals surface area contributed by atoms with Gasteiger partial charge in [0.05, 0.1) is 32.0 Å². The summed E-state index contributed by atoms with van der Waals surface area (Å²) in [6.07, 6.45) is 53.8. The zero-order valence-electron chi connectivity index (χ0n) is 48.3. The first-order valence-electron chi connectivity index (χ1n) is 30.3. The molecule has 0 radical (unpaired) electrons. The van der Waals surface area contributed by atoms with Crippen molar-refractivity contribution in [2.45, 2.75) is 261 Å². The number of carbonyl (C=O) groups is 1. The molecule has 450 valence electrons. The molecule has 2 heterocycles. The molecule has 2 saturated heterocycles. The van der Waals surface area contributed by atoms with Gasteiger partial charge < -0.3 is 65.1 Å². The molecule has 2 fully saturated rings. The number of carbonyl (C=O) groups excluding carboxylic acids is 1. The fourth-order valence-electron chi connectivity index (χ4n) is 9.02. The van der Waals surface area contributed by atoms with Crippen molar-refractivity contribution in [1.29, 1.82) is 0 Å². The van der Waals surface area contributed by atoms with Gasteiger partial charge in [0.1, 0.15) is 48.8 Å². The number of rotatable bonds is 46. The van der Waals surface area contributed by atoms with Crippen LogP contribution in [0.15, 0.2) is 122 Å². The Labute approximate surface area is 476 Å². The van der Waals surface area contributed by atoms with Crippen molar-refractivity contribution in [2.24, 2.45) is 0 Å². The van der Waals surface area contributed by atoms with E-state index in [1.54, 1.807) is 6.08 Å². The molecule has 0 spiro atoms. The van der Waals surface area contributed by atoms with Crippen molar-refractivity contribution in [3.63, 3.8) is 0 Å². The van der Waals surface area contributed by atoms with E-state index in [1.807, 2.05) is 12.2 Å². The second-order valence-corrected chi connectivity index (χ2v) is 20.7. The monoisotopic (exact) mass is 1110 g/mol. The number of aliphatic hydroxyl groups is 8. The second-order valence-electron chi connectivity index (χ2n) is 20.7. The number of unbranched alkanes of at least 4 members (excludes halogenated alkanes) is 15. The summed E-state index contributed by atoms with van der Waals surface area (Å²) in [5.41, 5.74) is 0. The van der Waals surface area contributed by atoms with Crippen LogP contribution in [0.3, 0.4) is 0 Å². The summed E-state index contributed by atoms with van der Waals surface area (Å²) >= 11 is 0. The third kappa shape index (κ3) is 34.4. The smallest absolute Gasteiger partial charge is 0.220 e. The molecule has 12 atom stereocenters. The van der Waals surface area contributed by atoms with Crippen LogP contribution >= 0.6 is 0 Å². The van der Waals surface area contributed by atoms with E-state index in [-0.39, 0.29) is 18.9 Å². The summed E-state index contributed by atoms with van der Waals surface area (Å²) in [6.45, 7) is 2.61. The minimum atomic E-state index is -1.80. The molecule has 2 aliphatic rings. The molecule has 1 amide bonds. The summed E-state index contributed by atoms with van der Waals surface area (Å²) in [6, 6.07) is -0.978. The predicted molar refractivity (Wildman–Crippen MR) is 318 cm³/mol. The fourth-order valence-corrected chi connectivity index (χ4v) is 9.02. The van der Waals surface area contributed by atoms with Gasteiger partial charge in [0, 0.05) is 6.42 Å². The maximum atomic E-state index is 13.2. The first kappa shape index (κ1) is 71.5. The van der Waals surface area contributed by atoms with E-state index in [2.05, 4.69) is 122 Å². The first-order valence-corrected chi connectivity index (χ1v) is 30.3. The van der Waals surface area contributed by atoms with Crippen molar-refractivity contribution in [1.82, 2.24) is 5.32 Å². The molecule has 0 aromatic rings. The van der Waals surface area contributed by atoms with Crippen LogP contribution in [-0.2, 0) is 23.7 Å². The molecule has 79 heavy (non-hydrogen) atoms. The Kier molecular flexibility index (Phi) is 44.4. The standard InChI is InChI=1S/C65H107NO13/c1-3-5-7-9-11-13-15-17-19-21-23-25-27-29-31-33-35-37-39-41-43-45-47-49-57(70)66-53(52-76-64-62(75)60(73)63(56(51-68)78-64)79-65-61(74)59(72)58(71)55(50-67)77-65)54(69)48-46-44-42-40-38-36-34-32-30-28-26-24-22-20-18-16-14-12-10-8-6-4-2/h5,7,11,13,17,19,23,25,29-32,35,37-38,40-41,43,46,48,53-56,58-65,67-69,71-75H,3-4,6,8-10,12,14-16,18,20-22,24,26-28,33-34,36,39,42,44-45,47,49-52H2,1-2H3,(H,66,70)/b7-5-,13-11-,19-17-,25-23-,31-29-,32-30+,37-35-,40-38+,43-41-,48-46+. The summed E-state index contributed by atoms with van der Waals surface area (Å²) < 4.78 is 22.7. The largest absolute Gasteiger partial charge is 0.394 e. The van der Waals surface area contributed by atoms with Gasteiger partial charge in [0.2, 0.25) is 5.91 Å². The third-order valence-electron chi connectivity index (χ3n) is 13.9. The van der Waals surface area contributed by atoms with Crippen molar-refractivity contribution in [3.05, 3.63) is 122 Å². The van der Waals surface area contributed by atoms with E-state index in [1.165, 1.54) is 77.0 Å². The second kappa shape index (κ2) is 49.0. The van der Waals surface area contributed by atoms with Crippen LogP contribution < -0.4 is 5.32 Å². The highest BCUT2D eigenvalue weighted by molar-refractivity contribution is 5.76. The quantitative estimate of drug-likeness (QED) is 0.0204. The Balaban J connectivity index is 1.83. The molecule has 0 aromatic heterocycles.